The van der Waals surface area contributed by atoms with Gasteiger partial charge in [0, 0.05) is 22.7 Å². The molecule has 3 N–H and O–H groups in total. The van der Waals surface area contributed by atoms with Gasteiger partial charge in [0.05, 0.1) is 6.61 Å². The number of ether oxygens (including phenoxy) is 1. The molecule has 0 radical (unpaired) electrons. The first kappa shape index (κ1) is 22.9. The van der Waals surface area contributed by atoms with Crippen LogP contribution >= 0.6 is 0 Å². The van der Waals surface area contributed by atoms with Gasteiger partial charge < -0.3 is 10.1 Å². The minimum Gasteiger partial charge on any atom is -0.494 e. The standard InChI is InChI=1S/C23H29N3O4/c1-15(2)12-13-30-20-7-5-6-18(14-20)23(29)26-25-22(28)17-8-10-19(11-9-17)24-21(27)16(3)4/h5-11,14-16H,12-13H2,1-4H3,(H,24,27)(H,25,28)(H,26,29). The van der Waals surface area contributed by atoms with Gasteiger partial charge in [0.25, 0.3) is 11.8 Å². The van der Waals surface area contributed by atoms with E-state index >= 15 is 0 Å². The molecule has 0 bridgehead atoms. The van der Waals surface area contributed by atoms with E-state index in [1.807, 2.05) is 0 Å². The minimum absolute atomic E-state index is 0.102. The number of nitrogens with one attached hydrogen (secondary N) is 3. The zero-order chi connectivity index (χ0) is 22.1. The lowest BCUT2D eigenvalue weighted by molar-refractivity contribution is -0.118. The molecular formula is C23H29N3O4. The summed E-state index contributed by atoms with van der Waals surface area (Å²) < 4.78 is 5.66. The number of carbonyl (C=O) groups is 3. The van der Waals surface area contributed by atoms with Crippen LogP contribution < -0.4 is 20.9 Å². The molecule has 0 aliphatic carbocycles. The molecular weight excluding hydrogens is 382 g/mol. The van der Waals surface area contributed by atoms with Crippen molar-refractivity contribution < 1.29 is 19.1 Å². The summed E-state index contributed by atoms with van der Waals surface area (Å²) in [7, 11) is 0. The molecule has 2 aromatic rings. The Labute approximate surface area is 177 Å². The van der Waals surface area contributed by atoms with Crippen LogP contribution in [-0.2, 0) is 4.79 Å². The van der Waals surface area contributed by atoms with E-state index in [4.69, 9.17) is 4.74 Å². The molecule has 30 heavy (non-hydrogen) atoms. The smallest absolute Gasteiger partial charge is 0.269 e. The van der Waals surface area contributed by atoms with E-state index in [0.29, 0.717) is 35.1 Å². The van der Waals surface area contributed by atoms with Gasteiger partial charge in [0.2, 0.25) is 5.91 Å². The third-order valence-electron chi connectivity index (χ3n) is 4.29. The molecule has 0 spiro atoms. The monoisotopic (exact) mass is 411 g/mol. The Kier molecular flexibility index (Phi) is 8.41. The molecule has 0 aliphatic rings. The molecule has 2 rings (SSSR count). The molecule has 0 aliphatic heterocycles. The Morgan fingerprint density at radius 3 is 2.10 bits per heavy atom. The molecule has 0 saturated carbocycles. The van der Waals surface area contributed by atoms with Crippen LogP contribution in [0.4, 0.5) is 5.69 Å². The topological polar surface area (TPSA) is 96.5 Å². The van der Waals surface area contributed by atoms with Gasteiger partial charge in [-0.05, 0) is 54.8 Å². The van der Waals surface area contributed by atoms with Crippen LogP contribution in [0.25, 0.3) is 0 Å². The van der Waals surface area contributed by atoms with Crippen LogP contribution in [0.15, 0.2) is 48.5 Å². The number of benzene rings is 2. The van der Waals surface area contributed by atoms with Crippen molar-refractivity contribution in [3.8, 4) is 5.75 Å². The van der Waals surface area contributed by atoms with E-state index in [0.717, 1.165) is 6.42 Å². The maximum absolute atomic E-state index is 12.3. The molecule has 0 fully saturated rings. The highest BCUT2D eigenvalue weighted by atomic mass is 16.5. The summed E-state index contributed by atoms with van der Waals surface area (Å²) >= 11 is 0. The predicted molar refractivity (Wildman–Crippen MR) is 116 cm³/mol. The molecule has 0 saturated heterocycles. The van der Waals surface area contributed by atoms with Crippen LogP contribution in [0.3, 0.4) is 0 Å². The van der Waals surface area contributed by atoms with Gasteiger partial charge in [-0.25, -0.2) is 0 Å². The third kappa shape index (κ3) is 7.24. The van der Waals surface area contributed by atoms with Gasteiger partial charge in [0.15, 0.2) is 0 Å². The van der Waals surface area contributed by atoms with Gasteiger partial charge in [-0.15, -0.1) is 0 Å². The average Bonchev–Trinajstić information content (AvgIpc) is 2.72. The van der Waals surface area contributed by atoms with E-state index < -0.39 is 11.8 Å². The van der Waals surface area contributed by atoms with Gasteiger partial charge in [-0.2, -0.15) is 0 Å². The number of rotatable bonds is 8. The Morgan fingerprint density at radius 2 is 1.50 bits per heavy atom. The molecule has 2 aromatic carbocycles. The lowest BCUT2D eigenvalue weighted by Gasteiger charge is -2.11. The van der Waals surface area contributed by atoms with E-state index in [9.17, 15) is 14.4 Å². The largest absolute Gasteiger partial charge is 0.494 e. The summed E-state index contributed by atoms with van der Waals surface area (Å²) in [6.45, 7) is 8.41. The predicted octanol–water partition coefficient (Wildman–Crippen LogP) is 3.78. The second-order valence-corrected chi connectivity index (χ2v) is 7.69. The van der Waals surface area contributed by atoms with Crippen LogP contribution in [0.2, 0.25) is 0 Å². The van der Waals surface area contributed by atoms with Crippen LogP contribution in [0.5, 0.6) is 5.75 Å². The Morgan fingerprint density at radius 1 is 0.867 bits per heavy atom. The SMILES string of the molecule is CC(C)CCOc1cccc(C(=O)NNC(=O)c2ccc(NC(=O)C(C)C)cc2)c1. The lowest BCUT2D eigenvalue weighted by atomic mass is 10.1. The lowest BCUT2D eigenvalue weighted by Crippen LogP contribution is -2.41. The van der Waals surface area contributed by atoms with Gasteiger partial charge in [-0.1, -0.05) is 33.8 Å². The molecule has 0 atom stereocenters. The number of carbonyl (C=O) groups excluding carboxylic acids is 3. The summed E-state index contributed by atoms with van der Waals surface area (Å²) in [6, 6.07) is 13.2. The van der Waals surface area contributed by atoms with Crippen molar-refractivity contribution in [2.45, 2.75) is 34.1 Å². The van der Waals surface area contributed by atoms with E-state index in [2.05, 4.69) is 30.0 Å². The quantitative estimate of drug-likeness (QED) is 0.576. The fourth-order valence-corrected chi connectivity index (χ4v) is 2.39. The number of anilines is 1. The van der Waals surface area contributed by atoms with Crippen LogP contribution in [-0.4, -0.2) is 24.3 Å². The summed E-state index contributed by atoms with van der Waals surface area (Å²) in [5.41, 5.74) is 6.11. The number of amides is 3. The average molecular weight is 412 g/mol. The molecule has 160 valence electrons. The Hall–Kier alpha value is -3.35. The summed E-state index contributed by atoms with van der Waals surface area (Å²) in [5.74, 6) is -0.00836. The summed E-state index contributed by atoms with van der Waals surface area (Å²) in [4.78, 5) is 36.3. The summed E-state index contributed by atoms with van der Waals surface area (Å²) in [6.07, 6.45) is 0.923. The first-order valence-corrected chi connectivity index (χ1v) is 10.0. The Balaban J connectivity index is 1.88. The third-order valence-corrected chi connectivity index (χ3v) is 4.29. The minimum atomic E-state index is -0.463. The van der Waals surface area contributed by atoms with Crippen LogP contribution in [0.1, 0.15) is 54.8 Å². The first-order chi connectivity index (χ1) is 14.3. The highest BCUT2D eigenvalue weighted by molar-refractivity contribution is 5.99. The van der Waals surface area contributed by atoms with Crippen molar-refractivity contribution >= 4 is 23.4 Å². The van der Waals surface area contributed by atoms with Crippen molar-refractivity contribution in [2.24, 2.45) is 11.8 Å². The van der Waals surface area contributed by atoms with Gasteiger partial charge in [0.1, 0.15) is 5.75 Å². The van der Waals surface area contributed by atoms with Crippen molar-refractivity contribution in [3.05, 3.63) is 59.7 Å². The van der Waals surface area contributed by atoms with Crippen molar-refractivity contribution in [1.29, 1.82) is 0 Å². The molecule has 0 heterocycles. The fraction of sp³-hybridized carbons (Fsp3) is 0.348. The van der Waals surface area contributed by atoms with E-state index in [1.165, 1.54) is 0 Å². The molecule has 7 heteroatoms. The second-order valence-electron chi connectivity index (χ2n) is 7.69. The number of hydrogen-bond acceptors (Lipinski definition) is 4. The first-order valence-electron chi connectivity index (χ1n) is 10.0. The highest BCUT2D eigenvalue weighted by Gasteiger charge is 2.11. The second kappa shape index (κ2) is 11.0. The van der Waals surface area contributed by atoms with Gasteiger partial charge in [-0.3, -0.25) is 25.2 Å². The maximum atomic E-state index is 12.3. The number of hydrazine groups is 1. The summed E-state index contributed by atoms with van der Waals surface area (Å²) in [5, 5.41) is 2.75. The van der Waals surface area contributed by atoms with Crippen molar-refractivity contribution in [1.82, 2.24) is 10.9 Å². The van der Waals surface area contributed by atoms with Crippen molar-refractivity contribution in [3.63, 3.8) is 0 Å². The molecule has 7 nitrogen and oxygen atoms in total. The normalized spacial score (nSPS) is 10.6. The number of hydrogen-bond donors (Lipinski definition) is 3. The zero-order valence-electron chi connectivity index (χ0n) is 17.8. The maximum Gasteiger partial charge on any atom is 0.269 e. The van der Waals surface area contributed by atoms with Crippen LogP contribution in [0, 0.1) is 11.8 Å². The highest BCUT2D eigenvalue weighted by Crippen LogP contribution is 2.15. The van der Waals surface area contributed by atoms with Crippen molar-refractivity contribution in [2.75, 3.05) is 11.9 Å². The zero-order valence-corrected chi connectivity index (χ0v) is 17.8. The van der Waals surface area contributed by atoms with E-state index in [1.54, 1.807) is 62.4 Å². The molecule has 0 aromatic heterocycles. The Bertz CT molecular complexity index is 876. The molecule has 3 amide bonds. The molecule has 0 unspecified atom stereocenters. The fourth-order valence-electron chi connectivity index (χ4n) is 2.39. The van der Waals surface area contributed by atoms with Gasteiger partial charge >= 0.3 is 0 Å². The van der Waals surface area contributed by atoms with E-state index in [-0.39, 0.29) is 11.8 Å².